The number of nitrogen functional groups attached to an aromatic ring is 1. The van der Waals surface area contributed by atoms with Crippen LogP contribution in [0.1, 0.15) is 0 Å². The van der Waals surface area contributed by atoms with Crippen LogP contribution in [0.5, 0.6) is 0 Å². The van der Waals surface area contributed by atoms with Gasteiger partial charge in [-0.2, -0.15) is 0 Å². The third-order valence-corrected chi connectivity index (χ3v) is 2.66. The Labute approximate surface area is 103 Å². The first-order valence-electron chi connectivity index (χ1n) is 4.94. The van der Waals surface area contributed by atoms with Crippen LogP contribution in [0.25, 0.3) is 0 Å². The van der Waals surface area contributed by atoms with Crippen LogP contribution < -0.4 is 10.6 Å². The maximum Gasteiger partial charge on any atom is 0.143 e. The first kappa shape index (κ1) is 13.2. The topological polar surface area (TPSA) is 71.6 Å². The van der Waals surface area contributed by atoms with Crippen molar-refractivity contribution in [3.63, 3.8) is 0 Å². The Hall–Kier alpha value is -0.850. The number of hydrogen-bond donors (Lipinski definition) is 2. The highest BCUT2D eigenvalue weighted by atomic mass is 79.9. The van der Waals surface area contributed by atoms with Crippen molar-refractivity contribution in [1.29, 1.82) is 0 Å². The van der Waals surface area contributed by atoms with Gasteiger partial charge >= 0.3 is 0 Å². The average Bonchev–Trinajstić information content (AvgIpc) is 2.25. The largest absolute Gasteiger partial charge is 0.397 e. The molecule has 0 aliphatic carbocycles. The number of aliphatic hydroxyl groups excluding tert-OH is 1. The summed E-state index contributed by atoms with van der Waals surface area (Å²) in [6, 6.07) is 1.79. The summed E-state index contributed by atoms with van der Waals surface area (Å²) in [6.45, 7) is 1.84. The van der Waals surface area contributed by atoms with Gasteiger partial charge in [0.05, 0.1) is 29.6 Å². The minimum atomic E-state index is 0.0716. The monoisotopic (exact) mass is 289 g/mol. The van der Waals surface area contributed by atoms with Gasteiger partial charge in [0.2, 0.25) is 0 Å². The van der Waals surface area contributed by atoms with Crippen LogP contribution in [-0.4, -0.2) is 43.5 Å². The van der Waals surface area contributed by atoms with Crippen LogP contribution in [0.4, 0.5) is 11.5 Å². The van der Waals surface area contributed by atoms with E-state index in [1.165, 1.54) is 0 Å². The lowest BCUT2D eigenvalue weighted by Gasteiger charge is -2.23. The molecule has 0 saturated heterocycles. The highest BCUT2D eigenvalue weighted by molar-refractivity contribution is 9.10. The number of ether oxygens (including phenoxy) is 1. The lowest BCUT2D eigenvalue weighted by molar-refractivity contribution is 0.202. The van der Waals surface area contributed by atoms with Crippen molar-refractivity contribution in [1.82, 2.24) is 4.98 Å². The predicted molar refractivity (Wildman–Crippen MR) is 67.5 cm³/mol. The number of nitrogens with zero attached hydrogens (tertiary/aromatic N) is 2. The summed E-state index contributed by atoms with van der Waals surface area (Å²) in [5, 5.41) is 8.99. The molecular weight excluding hydrogens is 274 g/mol. The molecular formula is C10H16BrN3O2. The van der Waals surface area contributed by atoms with Gasteiger partial charge in [-0.05, 0) is 22.0 Å². The maximum atomic E-state index is 8.99. The summed E-state index contributed by atoms with van der Waals surface area (Å²) in [6.07, 6.45) is 1.59. The number of aromatic nitrogens is 1. The van der Waals surface area contributed by atoms with Crippen molar-refractivity contribution in [3.8, 4) is 0 Å². The van der Waals surface area contributed by atoms with Crippen molar-refractivity contribution < 1.29 is 9.84 Å². The number of rotatable bonds is 6. The molecule has 0 fully saturated rings. The van der Waals surface area contributed by atoms with Crippen LogP contribution in [0.2, 0.25) is 0 Å². The number of hydrogen-bond acceptors (Lipinski definition) is 5. The van der Waals surface area contributed by atoms with Crippen molar-refractivity contribution in [2.75, 3.05) is 44.0 Å². The van der Waals surface area contributed by atoms with Crippen molar-refractivity contribution >= 4 is 27.4 Å². The fraction of sp³-hybridized carbons (Fsp3) is 0.500. The van der Waals surface area contributed by atoms with Crippen LogP contribution >= 0.6 is 15.9 Å². The standard InChI is InChI=1S/C10H16BrN3O2/c1-16-5-3-14(2-4-15)10-9(11)6-8(12)7-13-10/h6-7,15H,2-5,12H2,1H3. The molecule has 0 saturated carbocycles. The SMILES string of the molecule is COCCN(CCO)c1ncc(N)cc1Br. The molecule has 0 unspecified atom stereocenters. The second-order valence-electron chi connectivity index (χ2n) is 3.28. The summed E-state index contributed by atoms with van der Waals surface area (Å²) in [5.41, 5.74) is 6.22. The van der Waals surface area contributed by atoms with E-state index in [0.717, 1.165) is 10.3 Å². The number of methoxy groups -OCH3 is 1. The molecule has 1 rings (SSSR count). The number of aliphatic hydroxyl groups is 1. The van der Waals surface area contributed by atoms with E-state index in [4.69, 9.17) is 15.6 Å². The maximum absolute atomic E-state index is 8.99. The number of pyridine rings is 1. The molecule has 90 valence electrons. The molecule has 0 aromatic carbocycles. The first-order valence-corrected chi connectivity index (χ1v) is 5.74. The smallest absolute Gasteiger partial charge is 0.143 e. The van der Waals surface area contributed by atoms with Gasteiger partial charge in [0.1, 0.15) is 5.82 Å². The van der Waals surface area contributed by atoms with Crippen LogP contribution in [0, 0.1) is 0 Å². The molecule has 1 aromatic rings. The predicted octanol–water partition coefficient (Wildman–Crippen LogP) is 0.871. The van der Waals surface area contributed by atoms with E-state index >= 15 is 0 Å². The van der Waals surface area contributed by atoms with Gasteiger partial charge in [-0.15, -0.1) is 0 Å². The van der Waals surface area contributed by atoms with Gasteiger partial charge in [0.25, 0.3) is 0 Å². The molecule has 6 heteroatoms. The summed E-state index contributed by atoms with van der Waals surface area (Å²) in [4.78, 5) is 6.17. The Bertz CT molecular complexity index is 336. The van der Waals surface area contributed by atoms with Gasteiger partial charge in [0, 0.05) is 20.2 Å². The molecule has 0 aliphatic heterocycles. The summed E-state index contributed by atoms with van der Waals surface area (Å²) < 4.78 is 5.83. The van der Waals surface area contributed by atoms with Crippen molar-refractivity contribution in [2.45, 2.75) is 0 Å². The third-order valence-electron chi connectivity index (χ3n) is 2.08. The zero-order valence-electron chi connectivity index (χ0n) is 9.19. The number of anilines is 2. The summed E-state index contributed by atoms with van der Waals surface area (Å²) >= 11 is 3.40. The minimum absolute atomic E-state index is 0.0716. The second-order valence-corrected chi connectivity index (χ2v) is 4.13. The molecule has 0 aliphatic rings. The van der Waals surface area contributed by atoms with E-state index in [1.54, 1.807) is 19.4 Å². The minimum Gasteiger partial charge on any atom is -0.397 e. The zero-order valence-corrected chi connectivity index (χ0v) is 10.8. The van der Waals surface area contributed by atoms with Crippen LogP contribution in [0.3, 0.4) is 0 Å². The molecule has 0 bridgehead atoms. The summed E-state index contributed by atoms with van der Waals surface area (Å²) in [5.74, 6) is 0.764. The Kier molecular flexibility index (Phi) is 5.51. The van der Waals surface area contributed by atoms with E-state index < -0.39 is 0 Å². The van der Waals surface area contributed by atoms with Crippen LogP contribution in [-0.2, 0) is 4.74 Å². The zero-order chi connectivity index (χ0) is 12.0. The van der Waals surface area contributed by atoms with E-state index in [0.29, 0.717) is 25.4 Å². The Morgan fingerprint density at radius 2 is 2.31 bits per heavy atom. The Morgan fingerprint density at radius 1 is 1.56 bits per heavy atom. The first-order chi connectivity index (χ1) is 7.69. The fourth-order valence-electron chi connectivity index (χ4n) is 1.32. The molecule has 16 heavy (non-hydrogen) atoms. The molecule has 0 radical (unpaired) electrons. The molecule has 0 atom stereocenters. The second kappa shape index (κ2) is 6.67. The van der Waals surface area contributed by atoms with Crippen LogP contribution in [0.15, 0.2) is 16.7 Å². The lowest BCUT2D eigenvalue weighted by atomic mass is 10.3. The molecule has 0 spiro atoms. The lowest BCUT2D eigenvalue weighted by Crippen LogP contribution is -2.31. The Balaban J connectivity index is 2.82. The van der Waals surface area contributed by atoms with E-state index in [1.807, 2.05) is 4.90 Å². The molecule has 1 aromatic heterocycles. The molecule has 0 amide bonds. The molecule has 3 N–H and O–H groups in total. The normalized spacial score (nSPS) is 10.4. The van der Waals surface area contributed by atoms with Gasteiger partial charge in [0.15, 0.2) is 0 Å². The number of halogens is 1. The summed E-state index contributed by atoms with van der Waals surface area (Å²) in [7, 11) is 1.64. The highest BCUT2D eigenvalue weighted by Crippen LogP contribution is 2.25. The Morgan fingerprint density at radius 3 is 2.88 bits per heavy atom. The number of nitrogens with two attached hydrogens (primary N) is 1. The molecule has 1 heterocycles. The fourth-order valence-corrected chi connectivity index (χ4v) is 1.94. The van der Waals surface area contributed by atoms with Gasteiger partial charge in [-0.3, -0.25) is 0 Å². The quantitative estimate of drug-likeness (QED) is 0.813. The van der Waals surface area contributed by atoms with Crippen molar-refractivity contribution in [2.24, 2.45) is 0 Å². The highest BCUT2D eigenvalue weighted by Gasteiger charge is 2.11. The van der Waals surface area contributed by atoms with E-state index in [9.17, 15) is 0 Å². The van der Waals surface area contributed by atoms with Crippen molar-refractivity contribution in [3.05, 3.63) is 16.7 Å². The average molecular weight is 290 g/mol. The molecule has 5 nitrogen and oxygen atoms in total. The van der Waals surface area contributed by atoms with Gasteiger partial charge in [-0.25, -0.2) is 4.98 Å². The van der Waals surface area contributed by atoms with Gasteiger partial charge < -0.3 is 20.5 Å². The van der Waals surface area contributed by atoms with E-state index in [2.05, 4.69) is 20.9 Å². The van der Waals surface area contributed by atoms with E-state index in [-0.39, 0.29) is 6.61 Å². The van der Waals surface area contributed by atoms with Gasteiger partial charge in [-0.1, -0.05) is 0 Å². The third kappa shape index (κ3) is 3.62.